The van der Waals surface area contributed by atoms with Crippen LogP contribution in [0.5, 0.6) is 5.75 Å². The monoisotopic (exact) mass is 884 g/mol. The number of esters is 2. The van der Waals surface area contributed by atoms with Crippen LogP contribution in [0, 0.1) is 17.2 Å². The molecule has 344 valence electrons. The second-order valence-electron chi connectivity index (χ2n) is 16.7. The molecule has 17 nitrogen and oxygen atoms in total. The molecule has 1 aromatic heterocycles. The fourth-order valence-corrected chi connectivity index (χ4v) is 6.22. The molecule has 1 saturated carbocycles. The van der Waals surface area contributed by atoms with Crippen molar-refractivity contribution in [3.63, 3.8) is 0 Å². The quantitative estimate of drug-likeness (QED) is 0.0171. The SMILES string of the molecule is C=Cc1cc(C(=O)Nc2ccc(C(=N)NC(=O)OCCCCCC)cc2)c(-c2ccc(C(=O)NCC3CC3)nc2C(=O)OCOC(=O)[C@H](CC(C)C)NC(=O)OC(C)(C)C)cc1OC. The molecule has 4 rings (SSSR count). The van der Waals surface area contributed by atoms with E-state index in [4.69, 9.17) is 29.1 Å². The summed E-state index contributed by atoms with van der Waals surface area (Å²) in [6.45, 7) is 14.5. The van der Waals surface area contributed by atoms with Crippen molar-refractivity contribution in [2.45, 2.75) is 98.1 Å². The van der Waals surface area contributed by atoms with Crippen molar-refractivity contribution in [2.75, 3.05) is 32.4 Å². The van der Waals surface area contributed by atoms with Gasteiger partial charge in [0.2, 0.25) is 6.79 Å². The summed E-state index contributed by atoms with van der Waals surface area (Å²) in [6.07, 6.45) is 5.86. The van der Waals surface area contributed by atoms with Gasteiger partial charge in [0.25, 0.3) is 11.8 Å². The maximum absolute atomic E-state index is 14.2. The summed E-state index contributed by atoms with van der Waals surface area (Å²) in [5.74, 6) is -2.70. The first-order chi connectivity index (χ1) is 30.4. The number of aromatic nitrogens is 1. The van der Waals surface area contributed by atoms with Crippen LogP contribution in [-0.2, 0) is 23.7 Å². The van der Waals surface area contributed by atoms with E-state index in [9.17, 15) is 28.8 Å². The average Bonchev–Trinajstić information content (AvgIpc) is 4.08. The molecule has 1 aliphatic rings. The molecule has 0 bridgehead atoms. The van der Waals surface area contributed by atoms with Gasteiger partial charge in [0, 0.05) is 40.0 Å². The zero-order valence-electron chi connectivity index (χ0n) is 37.6. The van der Waals surface area contributed by atoms with Gasteiger partial charge in [-0.25, -0.2) is 24.2 Å². The Labute approximate surface area is 373 Å². The summed E-state index contributed by atoms with van der Waals surface area (Å²) < 4.78 is 26.8. The first-order valence-corrected chi connectivity index (χ1v) is 21.3. The highest BCUT2D eigenvalue weighted by atomic mass is 16.7. The minimum Gasteiger partial charge on any atom is -0.496 e. The maximum Gasteiger partial charge on any atom is 0.412 e. The standard InChI is InChI=1S/C47H60N6O11/c1-9-11-12-13-22-61-45(58)53-40(48)31-16-18-32(19-17-31)50-41(54)35-24-30(10-2)38(60-8)25-34(35)33-20-21-36(42(55)49-26-29-14-15-29)51-39(33)44(57)63-27-62-43(56)37(23-28(3)4)52-46(59)64-47(5,6)7/h10,16-21,24-25,28-29,37H,2,9,11-15,22-23,26-27H2,1,3-8H3,(H,49,55)(H,50,54)(H,52,59)(H2,48,53,58)/t37-/m0/s1. The molecule has 0 saturated heterocycles. The third-order valence-electron chi connectivity index (χ3n) is 9.66. The van der Waals surface area contributed by atoms with Gasteiger partial charge in [0.1, 0.15) is 28.9 Å². The number of anilines is 1. The van der Waals surface area contributed by atoms with Crippen molar-refractivity contribution in [2.24, 2.45) is 11.8 Å². The van der Waals surface area contributed by atoms with E-state index in [1.807, 2.05) is 13.8 Å². The first kappa shape index (κ1) is 49.9. The van der Waals surface area contributed by atoms with E-state index >= 15 is 0 Å². The molecule has 3 aromatic rings. The fourth-order valence-electron chi connectivity index (χ4n) is 6.22. The molecular weight excluding hydrogens is 825 g/mol. The van der Waals surface area contributed by atoms with Crippen molar-refractivity contribution in [3.05, 3.63) is 83.2 Å². The molecular formula is C47H60N6O11. The minimum atomic E-state index is -1.12. The Balaban J connectivity index is 1.61. The number of carbonyl (C=O) groups is 6. The molecule has 1 fully saturated rings. The van der Waals surface area contributed by atoms with Crippen LogP contribution in [0.1, 0.15) is 129 Å². The fraction of sp³-hybridized carbons (Fsp3) is 0.447. The predicted octanol–water partition coefficient (Wildman–Crippen LogP) is 8.02. The summed E-state index contributed by atoms with van der Waals surface area (Å²) in [6, 6.07) is 11.0. The van der Waals surface area contributed by atoms with Crippen LogP contribution < -0.4 is 26.0 Å². The van der Waals surface area contributed by atoms with Crippen LogP contribution in [0.15, 0.2) is 55.1 Å². The number of alkyl carbamates (subject to hydrolysis) is 2. The van der Waals surface area contributed by atoms with Gasteiger partial charge in [-0.15, -0.1) is 0 Å². The summed E-state index contributed by atoms with van der Waals surface area (Å²) in [7, 11) is 1.42. The Morgan fingerprint density at radius 2 is 1.62 bits per heavy atom. The molecule has 17 heteroatoms. The number of hydrogen-bond acceptors (Lipinski definition) is 13. The lowest BCUT2D eigenvalue weighted by Gasteiger charge is -2.23. The van der Waals surface area contributed by atoms with Gasteiger partial charge in [0.05, 0.1) is 13.7 Å². The van der Waals surface area contributed by atoms with Gasteiger partial charge < -0.3 is 39.6 Å². The number of benzene rings is 2. The van der Waals surface area contributed by atoms with Crippen molar-refractivity contribution in [1.29, 1.82) is 5.41 Å². The Morgan fingerprint density at radius 1 is 0.906 bits per heavy atom. The largest absolute Gasteiger partial charge is 0.496 e. The smallest absolute Gasteiger partial charge is 0.412 e. The van der Waals surface area contributed by atoms with Crippen LogP contribution in [0.4, 0.5) is 15.3 Å². The molecule has 0 radical (unpaired) electrons. The van der Waals surface area contributed by atoms with Gasteiger partial charge in [-0.2, -0.15) is 0 Å². The molecule has 0 spiro atoms. The van der Waals surface area contributed by atoms with E-state index in [1.165, 1.54) is 37.5 Å². The Hall–Kier alpha value is -6.78. The topological polar surface area (TPSA) is 233 Å². The maximum atomic E-state index is 14.2. The van der Waals surface area contributed by atoms with Crippen LogP contribution in [0.2, 0.25) is 0 Å². The van der Waals surface area contributed by atoms with E-state index < -0.39 is 54.4 Å². The average molecular weight is 885 g/mol. The van der Waals surface area contributed by atoms with E-state index in [-0.39, 0.29) is 52.9 Å². The van der Waals surface area contributed by atoms with Crippen LogP contribution in [0.25, 0.3) is 17.2 Å². The van der Waals surface area contributed by atoms with E-state index in [1.54, 1.807) is 45.0 Å². The molecule has 1 aliphatic carbocycles. The zero-order chi connectivity index (χ0) is 47.0. The summed E-state index contributed by atoms with van der Waals surface area (Å²) >= 11 is 0. The van der Waals surface area contributed by atoms with Gasteiger partial charge in [-0.05, 0) is 107 Å². The van der Waals surface area contributed by atoms with Crippen molar-refractivity contribution in [1.82, 2.24) is 20.9 Å². The highest BCUT2D eigenvalue weighted by Crippen LogP contribution is 2.35. The second kappa shape index (κ2) is 23.6. The zero-order valence-corrected chi connectivity index (χ0v) is 37.6. The molecule has 0 unspecified atom stereocenters. The summed E-state index contributed by atoms with van der Waals surface area (Å²) in [5, 5.41) is 18.9. The normalized spacial score (nSPS) is 12.6. The lowest BCUT2D eigenvalue weighted by atomic mass is 9.94. The van der Waals surface area contributed by atoms with Crippen molar-refractivity contribution >= 4 is 53.5 Å². The lowest BCUT2D eigenvalue weighted by Crippen LogP contribution is -2.45. The molecule has 1 atom stereocenters. The van der Waals surface area contributed by atoms with E-state index in [0.29, 0.717) is 35.0 Å². The van der Waals surface area contributed by atoms with Crippen LogP contribution >= 0.6 is 0 Å². The van der Waals surface area contributed by atoms with Gasteiger partial charge in [-0.3, -0.25) is 20.3 Å². The van der Waals surface area contributed by atoms with Gasteiger partial charge in [-0.1, -0.05) is 52.7 Å². The number of amidine groups is 1. The minimum absolute atomic E-state index is 0.0373. The summed E-state index contributed by atoms with van der Waals surface area (Å²) in [5.41, 5.74) is 0.121. The van der Waals surface area contributed by atoms with Crippen molar-refractivity contribution < 1.29 is 52.5 Å². The number of rotatable bonds is 21. The van der Waals surface area contributed by atoms with E-state index in [0.717, 1.165) is 38.5 Å². The molecule has 1 heterocycles. The number of pyridine rings is 1. The van der Waals surface area contributed by atoms with E-state index in [2.05, 4.69) is 39.8 Å². The van der Waals surface area contributed by atoms with Crippen LogP contribution in [-0.4, -0.2) is 85.5 Å². The number of ether oxygens (including phenoxy) is 5. The Bertz CT molecular complexity index is 2180. The number of hydrogen-bond donors (Lipinski definition) is 5. The second-order valence-corrected chi connectivity index (χ2v) is 16.7. The number of methoxy groups -OCH3 is 1. The highest BCUT2D eigenvalue weighted by Gasteiger charge is 2.29. The third kappa shape index (κ3) is 15.5. The lowest BCUT2D eigenvalue weighted by molar-refractivity contribution is -0.155. The number of nitrogens with one attached hydrogen (secondary N) is 5. The molecule has 5 N–H and O–H groups in total. The Morgan fingerprint density at radius 3 is 2.25 bits per heavy atom. The number of carbonyl (C=O) groups excluding carboxylic acids is 6. The summed E-state index contributed by atoms with van der Waals surface area (Å²) in [4.78, 5) is 83.6. The highest BCUT2D eigenvalue weighted by molar-refractivity contribution is 6.11. The molecule has 2 aromatic carbocycles. The van der Waals surface area contributed by atoms with Gasteiger partial charge in [0.15, 0.2) is 5.69 Å². The number of nitrogens with zero attached hydrogens (tertiary/aromatic N) is 1. The number of unbranched alkanes of at least 4 members (excludes halogenated alkanes) is 3. The molecule has 64 heavy (non-hydrogen) atoms. The van der Waals surface area contributed by atoms with Crippen LogP contribution in [0.3, 0.4) is 0 Å². The van der Waals surface area contributed by atoms with Crippen molar-refractivity contribution in [3.8, 4) is 16.9 Å². The molecule has 4 amide bonds. The van der Waals surface area contributed by atoms with Gasteiger partial charge >= 0.3 is 24.1 Å². The molecule has 0 aliphatic heterocycles. The third-order valence-corrected chi connectivity index (χ3v) is 9.66. The Kier molecular flexibility index (Phi) is 18.4. The number of amides is 4. The first-order valence-electron chi connectivity index (χ1n) is 21.3. The predicted molar refractivity (Wildman–Crippen MR) is 240 cm³/mol.